The Labute approximate surface area is 115 Å². The molecule has 0 unspecified atom stereocenters. The van der Waals surface area contributed by atoms with Crippen LogP contribution in [0.1, 0.15) is 44.1 Å². The fraction of sp³-hybridized carbons (Fsp3) is 0.471. The zero-order valence-corrected chi connectivity index (χ0v) is 11.3. The van der Waals surface area contributed by atoms with Crippen LogP contribution in [0.5, 0.6) is 0 Å². The van der Waals surface area contributed by atoms with Gasteiger partial charge in [-0.1, -0.05) is 36.8 Å². The monoisotopic (exact) mass is 255 g/mol. The molecule has 1 saturated carbocycles. The average Bonchev–Trinajstić information content (AvgIpc) is 2.47. The molecule has 100 valence electrons. The van der Waals surface area contributed by atoms with E-state index in [1.165, 1.54) is 30.4 Å². The van der Waals surface area contributed by atoms with E-state index in [1.807, 2.05) is 24.5 Å². The topological polar surface area (TPSA) is 33.0 Å². The van der Waals surface area contributed by atoms with Gasteiger partial charge in [0.1, 0.15) is 6.61 Å². The molecular formula is C17H21NO. The number of hydrogen-bond donors (Lipinski definition) is 0. The molecule has 0 amide bonds. The predicted octanol–water partition coefficient (Wildman–Crippen LogP) is 4.58. The van der Waals surface area contributed by atoms with Crippen molar-refractivity contribution in [1.82, 2.24) is 0 Å². The Morgan fingerprint density at radius 3 is 2.89 bits per heavy atom. The molecule has 0 spiro atoms. The van der Waals surface area contributed by atoms with E-state index >= 15 is 0 Å². The summed E-state index contributed by atoms with van der Waals surface area (Å²) in [5, 5.41) is 8.71. The van der Waals surface area contributed by atoms with Gasteiger partial charge < -0.3 is 4.74 Å². The third-order valence-corrected chi connectivity index (χ3v) is 3.72. The lowest BCUT2D eigenvalue weighted by atomic mass is 9.82. The van der Waals surface area contributed by atoms with Gasteiger partial charge in [-0.3, -0.25) is 0 Å². The molecular weight excluding hydrogens is 234 g/mol. The lowest BCUT2D eigenvalue weighted by molar-refractivity contribution is 0.225. The van der Waals surface area contributed by atoms with Gasteiger partial charge in [0.2, 0.25) is 0 Å². The van der Waals surface area contributed by atoms with Crippen LogP contribution in [0.25, 0.3) is 0 Å². The maximum Gasteiger partial charge on any atom is 0.112 e. The minimum atomic E-state index is 0.559. The highest BCUT2D eigenvalue weighted by Gasteiger charge is 2.18. The highest BCUT2D eigenvalue weighted by atomic mass is 16.5. The van der Waals surface area contributed by atoms with Gasteiger partial charge in [0.15, 0.2) is 0 Å². The van der Waals surface area contributed by atoms with Crippen LogP contribution < -0.4 is 0 Å². The third kappa shape index (κ3) is 4.44. The molecule has 0 heterocycles. The summed E-state index contributed by atoms with van der Waals surface area (Å²) in [7, 11) is 0. The van der Waals surface area contributed by atoms with Crippen molar-refractivity contribution in [3.63, 3.8) is 0 Å². The van der Waals surface area contributed by atoms with E-state index in [0.717, 1.165) is 12.8 Å². The lowest BCUT2D eigenvalue weighted by Crippen LogP contribution is -2.10. The Morgan fingerprint density at radius 1 is 1.26 bits per heavy atom. The van der Waals surface area contributed by atoms with Gasteiger partial charge >= 0.3 is 0 Å². The average molecular weight is 255 g/mol. The van der Waals surface area contributed by atoms with Gasteiger partial charge in [-0.05, 0) is 42.7 Å². The molecule has 0 radical (unpaired) electrons. The van der Waals surface area contributed by atoms with Gasteiger partial charge in [-0.25, -0.2) is 0 Å². The number of hydrogen-bond acceptors (Lipinski definition) is 2. The first-order valence-electron chi connectivity index (χ1n) is 7.11. The van der Waals surface area contributed by atoms with Crippen molar-refractivity contribution < 1.29 is 4.74 Å². The van der Waals surface area contributed by atoms with Gasteiger partial charge in [0, 0.05) is 6.42 Å². The molecule has 0 N–H and O–H groups in total. The van der Waals surface area contributed by atoms with Gasteiger partial charge in [-0.2, -0.15) is 5.26 Å². The van der Waals surface area contributed by atoms with Crippen molar-refractivity contribution in [2.75, 3.05) is 0 Å². The molecule has 1 atom stereocenters. The van der Waals surface area contributed by atoms with Gasteiger partial charge in [0.25, 0.3) is 0 Å². The molecule has 1 aromatic rings. The number of ether oxygens (including phenoxy) is 1. The number of benzene rings is 1. The molecule has 0 bridgehead atoms. The van der Waals surface area contributed by atoms with Crippen molar-refractivity contribution >= 4 is 0 Å². The lowest BCUT2D eigenvalue weighted by Gasteiger charge is -2.24. The van der Waals surface area contributed by atoms with Crippen LogP contribution in [0.4, 0.5) is 0 Å². The van der Waals surface area contributed by atoms with Crippen LogP contribution in [0.2, 0.25) is 0 Å². The summed E-state index contributed by atoms with van der Waals surface area (Å²) in [6, 6.07) is 12.5. The number of nitrogens with zero attached hydrogens (tertiary/aromatic N) is 1. The number of rotatable bonds is 5. The van der Waals surface area contributed by atoms with E-state index in [0.29, 0.717) is 18.9 Å². The molecule has 2 heteroatoms. The Balaban J connectivity index is 1.87. The first-order valence-corrected chi connectivity index (χ1v) is 7.11. The Hall–Kier alpha value is -1.75. The fourth-order valence-corrected chi connectivity index (χ4v) is 2.65. The van der Waals surface area contributed by atoms with Crippen LogP contribution in [-0.2, 0) is 11.3 Å². The van der Waals surface area contributed by atoms with Gasteiger partial charge in [0.05, 0.1) is 12.3 Å². The summed E-state index contributed by atoms with van der Waals surface area (Å²) in [4.78, 5) is 0. The second-order valence-electron chi connectivity index (χ2n) is 5.13. The quantitative estimate of drug-likeness (QED) is 0.721. The molecule has 0 aromatic heterocycles. The molecule has 1 aliphatic carbocycles. The van der Waals surface area contributed by atoms with E-state index in [1.54, 1.807) is 0 Å². The second-order valence-corrected chi connectivity index (χ2v) is 5.13. The standard InChI is InChI=1S/C17H21NO/c18-12-6-11-16-9-4-5-10-17(16)14-19-13-15-7-2-1-3-8-15/h1-3,7-8,14,16H,4-6,9-11,13H2/b17-14+/t16-/m0/s1. The van der Waals surface area contributed by atoms with Crippen molar-refractivity contribution in [3.05, 3.63) is 47.7 Å². The van der Waals surface area contributed by atoms with E-state index in [9.17, 15) is 0 Å². The van der Waals surface area contributed by atoms with Crippen molar-refractivity contribution in [3.8, 4) is 6.07 Å². The molecule has 1 fully saturated rings. The molecule has 2 nitrogen and oxygen atoms in total. The maximum atomic E-state index is 8.71. The molecule has 2 rings (SSSR count). The minimum Gasteiger partial charge on any atom is -0.497 e. The van der Waals surface area contributed by atoms with E-state index < -0.39 is 0 Å². The van der Waals surface area contributed by atoms with Crippen LogP contribution >= 0.6 is 0 Å². The number of allylic oxidation sites excluding steroid dienone is 1. The smallest absolute Gasteiger partial charge is 0.112 e. The summed E-state index contributed by atoms with van der Waals surface area (Å²) < 4.78 is 5.72. The summed E-state index contributed by atoms with van der Waals surface area (Å²) >= 11 is 0. The summed E-state index contributed by atoms with van der Waals surface area (Å²) in [5.74, 6) is 0.559. The highest BCUT2D eigenvalue weighted by molar-refractivity contribution is 5.14. The van der Waals surface area contributed by atoms with E-state index in [-0.39, 0.29) is 0 Å². The molecule has 1 aliphatic rings. The zero-order chi connectivity index (χ0) is 13.3. The Bertz CT molecular complexity index is 444. The minimum absolute atomic E-state index is 0.559. The first kappa shape index (κ1) is 13.7. The highest BCUT2D eigenvalue weighted by Crippen LogP contribution is 2.32. The maximum absolute atomic E-state index is 8.71. The van der Waals surface area contributed by atoms with Crippen molar-refractivity contribution in [2.45, 2.75) is 45.1 Å². The van der Waals surface area contributed by atoms with E-state index in [4.69, 9.17) is 10.00 Å². The molecule has 19 heavy (non-hydrogen) atoms. The number of nitriles is 1. The Morgan fingerprint density at radius 2 is 2.11 bits per heavy atom. The molecule has 0 aliphatic heterocycles. The van der Waals surface area contributed by atoms with Crippen molar-refractivity contribution in [1.29, 1.82) is 5.26 Å². The van der Waals surface area contributed by atoms with E-state index in [2.05, 4.69) is 18.2 Å². The van der Waals surface area contributed by atoms with Gasteiger partial charge in [-0.15, -0.1) is 0 Å². The predicted molar refractivity (Wildman–Crippen MR) is 76.1 cm³/mol. The summed E-state index contributed by atoms with van der Waals surface area (Å²) in [6.07, 6.45) is 8.47. The Kier molecular flexibility index (Phi) is 5.49. The van der Waals surface area contributed by atoms with Crippen LogP contribution in [0.3, 0.4) is 0 Å². The van der Waals surface area contributed by atoms with Crippen LogP contribution in [-0.4, -0.2) is 0 Å². The fourth-order valence-electron chi connectivity index (χ4n) is 2.65. The SMILES string of the molecule is N#CCC[C@@H]1CCCC/C1=C\OCc1ccccc1. The normalized spacial score (nSPS) is 21.0. The summed E-state index contributed by atoms with van der Waals surface area (Å²) in [5.41, 5.74) is 2.60. The van der Waals surface area contributed by atoms with Crippen LogP contribution in [0, 0.1) is 17.2 Å². The summed E-state index contributed by atoms with van der Waals surface area (Å²) in [6.45, 7) is 0.634. The van der Waals surface area contributed by atoms with Crippen LogP contribution in [0.15, 0.2) is 42.2 Å². The molecule has 0 saturated heterocycles. The largest absolute Gasteiger partial charge is 0.497 e. The first-order chi connectivity index (χ1) is 9.40. The third-order valence-electron chi connectivity index (χ3n) is 3.72. The molecule has 1 aromatic carbocycles. The zero-order valence-electron chi connectivity index (χ0n) is 11.3. The second kappa shape index (κ2) is 7.63. The van der Waals surface area contributed by atoms with Crippen molar-refractivity contribution in [2.24, 2.45) is 5.92 Å².